The molecule has 0 saturated carbocycles. The summed E-state index contributed by atoms with van der Waals surface area (Å²) >= 11 is 1.37. The van der Waals surface area contributed by atoms with Crippen molar-refractivity contribution < 1.29 is 14.2 Å². The number of hydrogen-bond donors (Lipinski definition) is 2. The highest BCUT2D eigenvalue weighted by molar-refractivity contribution is 7.17. The number of nitrogens with one attached hydrogen (secondary N) is 1. The first-order valence-corrected chi connectivity index (χ1v) is 9.88. The van der Waals surface area contributed by atoms with Gasteiger partial charge in [0.15, 0.2) is 5.82 Å². The highest BCUT2D eigenvalue weighted by Crippen LogP contribution is 2.33. The van der Waals surface area contributed by atoms with Crippen LogP contribution in [0.5, 0.6) is 0 Å². The normalized spacial score (nSPS) is 19.9. The van der Waals surface area contributed by atoms with Gasteiger partial charge in [0.05, 0.1) is 18.8 Å². The summed E-state index contributed by atoms with van der Waals surface area (Å²) in [6, 6.07) is 7.31. The lowest BCUT2D eigenvalue weighted by Gasteiger charge is -2.29. The maximum Gasteiger partial charge on any atom is 0.158 e. The number of thiophene rings is 1. The standard InChI is InChI=1S/C20H17FN4O2S/c21-15-10-28-18-7-11(1-2-13(15)18)19-12-3-5-22-8-14(12)20(25-24-19)23-16-4-6-27-9-17(16)26/h1-3,5,7-8,10,16-17,26H,4,6,9H2,(H,23,25)/t16-,17-/m1/s1. The van der Waals surface area contributed by atoms with Crippen LogP contribution in [0.3, 0.4) is 0 Å². The monoisotopic (exact) mass is 396 g/mol. The van der Waals surface area contributed by atoms with Crippen molar-refractivity contribution in [3.05, 3.63) is 47.9 Å². The average molecular weight is 396 g/mol. The number of benzene rings is 1. The maximum atomic E-state index is 13.8. The van der Waals surface area contributed by atoms with E-state index in [-0.39, 0.29) is 11.9 Å². The van der Waals surface area contributed by atoms with Crippen LogP contribution < -0.4 is 5.32 Å². The molecule has 2 atom stereocenters. The van der Waals surface area contributed by atoms with Crippen LogP contribution in [0.15, 0.2) is 42.0 Å². The second-order valence-electron chi connectivity index (χ2n) is 6.79. The number of fused-ring (bicyclic) bond motifs is 2. The Hall–Kier alpha value is -2.68. The molecule has 2 N–H and O–H groups in total. The zero-order chi connectivity index (χ0) is 19.1. The fourth-order valence-corrected chi connectivity index (χ4v) is 4.37. The van der Waals surface area contributed by atoms with Crippen LogP contribution in [-0.2, 0) is 4.74 Å². The van der Waals surface area contributed by atoms with Crippen LogP contribution in [0, 0.1) is 5.82 Å². The number of rotatable bonds is 3. The van der Waals surface area contributed by atoms with Gasteiger partial charge in [-0.3, -0.25) is 4.98 Å². The minimum Gasteiger partial charge on any atom is -0.389 e. The van der Waals surface area contributed by atoms with Gasteiger partial charge in [-0.15, -0.1) is 21.5 Å². The molecule has 0 radical (unpaired) electrons. The van der Waals surface area contributed by atoms with Crippen molar-refractivity contribution >= 4 is 38.0 Å². The summed E-state index contributed by atoms with van der Waals surface area (Å²) in [4.78, 5) is 4.23. The SMILES string of the molecule is O[C@@H]1COCC[C@H]1Nc1nnc(-c2ccc3c(F)csc3c2)c2ccncc12. The molecular formula is C20H17FN4O2S. The van der Waals surface area contributed by atoms with Crippen molar-refractivity contribution in [3.8, 4) is 11.3 Å². The third-order valence-corrected chi connectivity index (χ3v) is 5.95. The summed E-state index contributed by atoms with van der Waals surface area (Å²) in [5, 5.41) is 26.1. The molecule has 0 unspecified atom stereocenters. The lowest BCUT2D eigenvalue weighted by molar-refractivity contribution is -0.0135. The average Bonchev–Trinajstić information content (AvgIpc) is 3.10. The molecule has 1 aliphatic heterocycles. The van der Waals surface area contributed by atoms with Crippen molar-refractivity contribution in [3.63, 3.8) is 0 Å². The Balaban J connectivity index is 1.58. The molecule has 0 amide bonds. The molecule has 1 fully saturated rings. The van der Waals surface area contributed by atoms with E-state index in [0.717, 1.165) is 21.0 Å². The van der Waals surface area contributed by atoms with Crippen molar-refractivity contribution in [1.29, 1.82) is 0 Å². The zero-order valence-corrected chi connectivity index (χ0v) is 15.6. The smallest absolute Gasteiger partial charge is 0.158 e. The van der Waals surface area contributed by atoms with E-state index in [1.54, 1.807) is 18.5 Å². The first-order chi connectivity index (χ1) is 13.7. The van der Waals surface area contributed by atoms with E-state index in [1.807, 2.05) is 18.2 Å². The predicted octanol–water partition coefficient (Wildman–Crippen LogP) is 3.61. The quantitative estimate of drug-likeness (QED) is 0.551. The van der Waals surface area contributed by atoms with Crippen molar-refractivity contribution in [2.45, 2.75) is 18.6 Å². The molecule has 0 bridgehead atoms. The molecule has 4 heterocycles. The summed E-state index contributed by atoms with van der Waals surface area (Å²) < 4.78 is 19.9. The molecule has 142 valence electrons. The molecule has 5 rings (SSSR count). The highest BCUT2D eigenvalue weighted by atomic mass is 32.1. The van der Waals surface area contributed by atoms with Crippen LogP contribution >= 0.6 is 11.3 Å². The number of aliphatic hydroxyl groups is 1. The van der Waals surface area contributed by atoms with E-state index in [0.29, 0.717) is 36.5 Å². The topological polar surface area (TPSA) is 80.2 Å². The minimum absolute atomic E-state index is 0.150. The number of anilines is 1. The van der Waals surface area contributed by atoms with Gasteiger partial charge in [0.2, 0.25) is 0 Å². The molecule has 1 saturated heterocycles. The van der Waals surface area contributed by atoms with Gasteiger partial charge in [0, 0.05) is 50.8 Å². The second-order valence-corrected chi connectivity index (χ2v) is 7.71. The summed E-state index contributed by atoms with van der Waals surface area (Å²) in [6.07, 6.45) is 3.54. The first-order valence-electron chi connectivity index (χ1n) is 9.00. The van der Waals surface area contributed by atoms with E-state index in [4.69, 9.17) is 4.74 Å². The molecule has 3 aromatic heterocycles. The van der Waals surface area contributed by atoms with Gasteiger partial charge in [-0.05, 0) is 24.6 Å². The molecular weight excluding hydrogens is 379 g/mol. The number of aromatic nitrogens is 3. The number of pyridine rings is 1. The van der Waals surface area contributed by atoms with Gasteiger partial charge in [-0.2, -0.15) is 0 Å². The van der Waals surface area contributed by atoms with Crippen LogP contribution in [0.2, 0.25) is 0 Å². The minimum atomic E-state index is -0.599. The van der Waals surface area contributed by atoms with Crippen LogP contribution in [0.25, 0.3) is 32.1 Å². The van der Waals surface area contributed by atoms with Gasteiger partial charge in [-0.1, -0.05) is 6.07 Å². The Labute approximate surface area is 164 Å². The zero-order valence-electron chi connectivity index (χ0n) is 14.8. The number of hydrogen-bond acceptors (Lipinski definition) is 7. The molecule has 28 heavy (non-hydrogen) atoms. The van der Waals surface area contributed by atoms with Crippen LogP contribution in [-0.4, -0.2) is 45.6 Å². The summed E-state index contributed by atoms with van der Waals surface area (Å²) in [5.41, 5.74) is 1.59. The van der Waals surface area contributed by atoms with E-state index >= 15 is 0 Å². The molecule has 6 nitrogen and oxygen atoms in total. The Bertz CT molecular complexity index is 1170. The third kappa shape index (κ3) is 2.99. The fourth-order valence-electron chi connectivity index (χ4n) is 3.53. The van der Waals surface area contributed by atoms with Gasteiger partial charge < -0.3 is 15.2 Å². The molecule has 1 aromatic carbocycles. The Morgan fingerprint density at radius 3 is 3.00 bits per heavy atom. The number of nitrogens with zero attached hydrogens (tertiary/aromatic N) is 3. The number of halogens is 1. The van der Waals surface area contributed by atoms with Crippen LogP contribution in [0.4, 0.5) is 10.2 Å². The number of aliphatic hydroxyl groups excluding tert-OH is 1. The van der Waals surface area contributed by atoms with E-state index in [2.05, 4.69) is 20.5 Å². The van der Waals surface area contributed by atoms with Gasteiger partial charge in [0.25, 0.3) is 0 Å². The summed E-state index contributed by atoms with van der Waals surface area (Å²) in [6.45, 7) is 0.893. The largest absolute Gasteiger partial charge is 0.389 e. The molecule has 0 spiro atoms. The highest BCUT2D eigenvalue weighted by Gasteiger charge is 2.25. The number of ether oxygens (including phenoxy) is 1. The van der Waals surface area contributed by atoms with E-state index in [9.17, 15) is 9.50 Å². The fraction of sp³-hybridized carbons (Fsp3) is 0.250. The predicted molar refractivity (Wildman–Crippen MR) is 107 cm³/mol. The Morgan fingerprint density at radius 2 is 2.11 bits per heavy atom. The molecule has 0 aliphatic carbocycles. The first kappa shape index (κ1) is 17.4. The van der Waals surface area contributed by atoms with Gasteiger partial charge >= 0.3 is 0 Å². The molecule has 1 aliphatic rings. The van der Waals surface area contributed by atoms with Gasteiger partial charge in [-0.25, -0.2) is 4.39 Å². The van der Waals surface area contributed by atoms with E-state index < -0.39 is 6.10 Å². The van der Waals surface area contributed by atoms with Gasteiger partial charge in [0.1, 0.15) is 11.5 Å². The summed E-state index contributed by atoms with van der Waals surface area (Å²) in [7, 11) is 0. The van der Waals surface area contributed by atoms with Crippen molar-refractivity contribution in [2.75, 3.05) is 18.5 Å². The lowest BCUT2D eigenvalue weighted by atomic mass is 10.0. The van der Waals surface area contributed by atoms with Crippen molar-refractivity contribution in [2.24, 2.45) is 0 Å². The Kier molecular flexibility index (Phi) is 4.38. The second kappa shape index (κ2) is 7.05. The molecule has 8 heteroatoms. The Morgan fingerprint density at radius 1 is 1.18 bits per heavy atom. The molecule has 4 aromatic rings. The van der Waals surface area contributed by atoms with Crippen molar-refractivity contribution in [1.82, 2.24) is 15.2 Å². The van der Waals surface area contributed by atoms with E-state index in [1.165, 1.54) is 16.7 Å². The maximum absolute atomic E-state index is 13.8. The lowest BCUT2D eigenvalue weighted by Crippen LogP contribution is -2.42. The summed E-state index contributed by atoms with van der Waals surface area (Å²) in [5.74, 6) is 0.377. The third-order valence-electron chi connectivity index (χ3n) is 5.03. The van der Waals surface area contributed by atoms with Crippen LogP contribution in [0.1, 0.15) is 6.42 Å².